The van der Waals surface area contributed by atoms with E-state index >= 15 is 0 Å². The second kappa shape index (κ2) is 5.08. The third-order valence-electron chi connectivity index (χ3n) is 1.67. The smallest absolute Gasteiger partial charge is 0.0206 e. The molecule has 0 aromatic heterocycles. The molecular weight excluding hydrogens is 120 g/mol. The molecule has 0 aromatic rings. The van der Waals surface area contributed by atoms with Gasteiger partial charge >= 0.3 is 0 Å². The van der Waals surface area contributed by atoms with Crippen molar-refractivity contribution in [2.45, 2.75) is 32.1 Å². The van der Waals surface area contributed by atoms with Crippen LogP contribution in [0.1, 0.15) is 32.1 Å². The molecule has 54 valence electrons. The van der Waals surface area contributed by atoms with Crippen LogP contribution >= 0.6 is 0 Å². The summed E-state index contributed by atoms with van der Waals surface area (Å²) in [5.41, 5.74) is 3.12. The highest BCUT2D eigenvalue weighted by atomic mass is 13.9. The van der Waals surface area contributed by atoms with Crippen LogP contribution in [0.4, 0.5) is 0 Å². The Morgan fingerprint density at radius 3 is 2.90 bits per heavy atom. The zero-order valence-corrected chi connectivity index (χ0v) is 6.34. The average molecular weight is 134 g/mol. The summed E-state index contributed by atoms with van der Waals surface area (Å²) in [4.78, 5) is 0. The summed E-state index contributed by atoms with van der Waals surface area (Å²) in [5, 5.41) is 0. The molecule has 0 atom stereocenters. The zero-order chi connectivity index (χ0) is 7.07. The highest BCUT2D eigenvalue weighted by molar-refractivity contribution is 5.02. The van der Waals surface area contributed by atoms with E-state index in [0.717, 1.165) is 0 Å². The Bertz CT molecular complexity index is 157. The van der Waals surface area contributed by atoms with E-state index in [4.69, 9.17) is 0 Å². The highest BCUT2D eigenvalue weighted by Gasteiger charge is 1.85. The first-order chi connectivity index (χ1) is 5.00. The molecule has 0 amide bonds. The fourth-order valence-electron chi connectivity index (χ4n) is 1.06. The first-order valence-electron chi connectivity index (χ1n) is 4.06. The van der Waals surface area contributed by atoms with Crippen molar-refractivity contribution in [3.05, 3.63) is 30.0 Å². The molecule has 0 unspecified atom stereocenters. The number of hydrogen-bond donors (Lipinski definition) is 0. The van der Waals surface area contributed by atoms with E-state index < -0.39 is 0 Å². The van der Waals surface area contributed by atoms with Crippen LogP contribution in [0.15, 0.2) is 30.0 Å². The molecule has 0 aliphatic heterocycles. The summed E-state index contributed by atoms with van der Waals surface area (Å²) in [7, 11) is 0. The minimum Gasteiger partial charge on any atom is -0.125 e. The number of rotatable bonds is 0. The normalized spacial score (nSPS) is 22.4. The zero-order valence-electron chi connectivity index (χ0n) is 6.34. The summed E-state index contributed by atoms with van der Waals surface area (Å²) in [5.74, 6) is 0. The van der Waals surface area contributed by atoms with Gasteiger partial charge in [0, 0.05) is 0 Å². The van der Waals surface area contributed by atoms with Crippen LogP contribution in [0, 0.1) is 0 Å². The maximum absolute atomic E-state index is 3.12. The van der Waals surface area contributed by atoms with Crippen LogP contribution in [-0.2, 0) is 0 Å². The van der Waals surface area contributed by atoms with Crippen molar-refractivity contribution >= 4 is 0 Å². The van der Waals surface area contributed by atoms with Gasteiger partial charge in [-0.25, -0.2) is 0 Å². The molecule has 1 rings (SSSR count). The molecule has 1 aliphatic rings. The molecule has 0 radical (unpaired) electrons. The minimum atomic E-state index is 1.20. The van der Waals surface area contributed by atoms with E-state index in [1.54, 1.807) is 0 Å². The van der Waals surface area contributed by atoms with Gasteiger partial charge in [0.15, 0.2) is 0 Å². The molecule has 0 saturated heterocycles. The van der Waals surface area contributed by atoms with Gasteiger partial charge in [-0.2, -0.15) is 0 Å². The van der Waals surface area contributed by atoms with Crippen LogP contribution in [0.3, 0.4) is 0 Å². The summed E-state index contributed by atoms with van der Waals surface area (Å²) in [6.45, 7) is 0. The highest BCUT2D eigenvalue weighted by Crippen LogP contribution is 2.04. The van der Waals surface area contributed by atoms with Crippen LogP contribution in [0.5, 0.6) is 0 Å². The van der Waals surface area contributed by atoms with Gasteiger partial charge in [0.05, 0.1) is 0 Å². The van der Waals surface area contributed by atoms with Gasteiger partial charge in [-0.3, -0.25) is 0 Å². The lowest BCUT2D eigenvalue weighted by Gasteiger charge is -1.94. The van der Waals surface area contributed by atoms with Crippen LogP contribution in [0.2, 0.25) is 0 Å². The lowest BCUT2D eigenvalue weighted by atomic mass is 10.1. The molecular formula is C10H14. The third-order valence-corrected chi connectivity index (χ3v) is 1.67. The molecule has 0 nitrogen and oxygen atoms in total. The first kappa shape index (κ1) is 7.37. The summed E-state index contributed by atoms with van der Waals surface area (Å²) in [6.07, 6.45) is 14.9. The topological polar surface area (TPSA) is 0 Å². The van der Waals surface area contributed by atoms with Crippen molar-refractivity contribution in [3.8, 4) is 0 Å². The van der Waals surface area contributed by atoms with Gasteiger partial charge < -0.3 is 0 Å². The SMILES string of the molecule is C1=C/C=C/CCCCCC=1. The maximum atomic E-state index is 3.12. The van der Waals surface area contributed by atoms with Crippen molar-refractivity contribution in [3.63, 3.8) is 0 Å². The van der Waals surface area contributed by atoms with Crippen LogP contribution in [-0.4, -0.2) is 0 Å². The lowest BCUT2D eigenvalue weighted by molar-refractivity contribution is 0.696. The quantitative estimate of drug-likeness (QED) is 0.446. The minimum absolute atomic E-state index is 1.20. The second-order valence-electron chi connectivity index (χ2n) is 2.60. The van der Waals surface area contributed by atoms with Gasteiger partial charge in [0.25, 0.3) is 0 Å². The monoisotopic (exact) mass is 134 g/mol. The Balaban J connectivity index is 2.42. The Hall–Kier alpha value is -0.740. The van der Waals surface area contributed by atoms with E-state index in [1.807, 2.05) is 6.08 Å². The molecule has 0 heteroatoms. The third kappa shape index (κ3) is 3.32. The molecule has 0 N–H and O–H groups in total. The average Bonchev–Trinajstić information content (AvgIpc) is 2.01. The molecule has 0 bridgehead atoms. The molecule has 0 heterocycles. The Labute approximate surface area is 62.9 Å². The standard InChI is InChI=1S/C10H14/c1-2-4-6-8-10-9-7-5-3-1/h1-3,7H,4,6,8-10H2/b2-1+. The van der Waals surface area contributed by atoms with Crippen molar-refractivity contribution in [1.29, 1.82) is 0 Å². The van der Waals surface area contributed by atoms with Crippen molar-refractivity contribution < 1.29 is 0 Å². The molecule has 10 heavy (non-hydrogen) atoms. The molecule has 0 aromatic carbocycles. The molecule has 0 spiro atoms. The first-order valence-corrected chi connectivity index (χ1v) is 4.06. The summed E-state index contributed by atoms with van der Waals surface area (Å²) < 4.78 is 0. The summed E-state index contributed by atoms with van der Waals surface area (Å²) in [6, 6.07) is 0. The van der Waals surface area contributed by atoms with E-state index in [9.17, 15) is 0 Å². The maximum Gasteiger partial charge on any atom is -0.0206 e. The summed E-state index contributed by atoms with van der Waals surface area (Å²) >= 11 is 0. The lowest BCUT2D eigenvalue weighted by Crippen LogP contribution is -1.74. The molecule has 0 saturated carbocycles. The van der Waals surface area contributed by atoms with E-state index in [-0.39, 0.29) is 0 Å². The number of allylic oxidation sites excluding steroid dienone is 3. The van der Waals surface area contributed by atoms with Crippen molar-refractivity contribution in [1.82, 2.24) is 0 Å². The van der Waals surface area contributed by atoms with Gasteiger partial charge in [0.2, 0.25) is 0 Å². The van der Waals surface area contributed by atoms with Crippen molar-refractivity contribution in [2.75, 3.05) is 0 Å². The fraction of sp³-hybridized carbons (Fsp3) is 0.500. The van der Waals surface area contributed by atoms with Gasteiger partial charge in [-0.05, 0) is 37.8 Å². The predicted octanol–water partition coefficient (Wildman–Crippen LogP) is 3.22. The Morgan fingerprint density at radius 1 is 1.00 bits per heavy atom. The molecule has 0 fully saturated rings. The van der Waals surface area contributed by atoms with Gasteiger partial charge in [-0.15, -0.1) is 5.73 Å². The van der Waals surface area contributed by atoms with E-state index in [2.05, 4.69) is 24.0 Å². The fourth-order valence-corrected chi connectivity index (χ4v) is 1.06. The van der Waals surface area contributed by atoms with E-state index in [1.165, 1.54) is 32.1 Å². The number of hydrogen-bond acceptors (Lipinski definition) is 0. The van der Waals surface area contributed by atoms with Crippen LogP contribution < -0.4 is 0 Å². The second-order valence-corrected chi connectivity index (χ2v) is 2.60. The largest absolute Gasteiger partial charge is 0.125 e. The van der Waals surface area contributed by atoms with Gasteiger partial charge in [0.1, 0.15) is 0 Å². The molecule has 1 aliphatic carbocycles. The van der Waals surface area contributed by atoms with Gasteiger partial charge in [-0.1, -0.05) is 18.6 Å². The van der Waals surface area contributed by atoms with E-state index in [0.29, 0.717) is 0 Å². The van der Waals surface area contributed by atoms with Crippen LogP contribution in [0.25, 0.3) is 0 Å². The Kier molecular flexibility index (Phi) is 3.74. The van der Waals surface area contributed by atoms with Crippen molar-refractivity contribution in [2.24, 2.45) is 0 Å². The predicted molar refractivity (Wildman–Crippen MR) is 44.9 cm³/mol. The Morgan fingerprint density at radius 2 is 1.90 bits per heavy atom.